The van der Waals surface area contributed by atoms with Gasteiger partial charge in [-0.15, -0.1) is 0 Å². The van der Waals surface area contributed by atoms with Crippen LogP contribution in [-0.4, -0.2) is 37.3 Å². The van der Waals surface area contributed by atoms with Crippen LogP contribution in [-0.2, 0) is 13.2 Å². The summed E-state index contributed by atoms with van der Waals surface area (Å²) in [5.41, 5.74) is -0.351. The molecule has 1 aliphatic rings. The fourth-order valence-corrected chi connectivity index (χ4v) is 2.86. The van der Waals surface area contributed by atoms with Gasteiger partial charge in [0.1, 0.15) is 5.69 Å². The summed E-state index contributed by atoms with van der Waals surface area (Å²) in [6.45, 7) is 0.493. The first-order valence-electron chi connectivity index (χ1n) is 7.28. The molecule has 124 valence electrons. The zero-order valence-electron chi connectivity index (χ0n) is 12.5. The Hall–Kier alpha value is -2.32. The second-order valence-electron chi connectivity index (χ2n) is 5.62. The molecule has 1 fully saturated rings. The highest BCUT2D eigenvalue weighted by Gasteiger charge is 2.36. The van der Waals surface area contributed by atoms with E-state index in [1.165, 1.54) is 0 Å². The molecule has 3 rings (SSSR count). The normalized spacial score (nSPS) is 19.1. The number of aromatic nitrogens is 4. The molecule has 1 N–H and O–H groups in total. The number of H-pyrrole nitrogens is 1. The number of nitrogens with one attached hydrogen (secondary N) is 1. The first kappa shape index (κ1) is 15.6. The van der Waals surface area contributed by atoms with Crippen molar-refractivity contribution in [3.8, 4) is 0 Å². The van der Waals surface area contributed by atoms with E-state index in [0.717, 1.165) is 30.9 Å². The summed E-state index contributed by atoms with van der Waals surface area (Å²) in [7, 11) is 1.78. The number of carbonyl (C=O) groups is 1. The summed E-state index contributed by atoms with van der Waals surface area (Å²) in [5.74, 6) is -0.495. The predicted octanol–water partition coefficient (Wildman–Crippen LogP) is 2.53. The Balaban J connectivity index is 1.85. The van der Waals surface area contributed by atoms with E-state index in [4.69, 9.17) is 0 Å². The van der Waals surface area contributed by atoms with Gasteiger partial charge in [-0.25, -0.2) is 0 Å². The van der Waals surface area contributed by atoms with Gasteiger partial charge in [-0.05, 0) is 19.3 Å². The highest BCUT2D eigenvalue weighted by molar-refractivity contribution is 5.92. The zero-order valence-corrected chi connectivity index (χ0v) is 12.5. The second-order valence-corrected chi connectivity index (χ2v) is 5.62. The van der Waals surface area contributed by atoms with E-state index >= 15 is 0 Å². The van der Waals surface area contributed by atoms with E-state index in [9.17, 15) is 18.0 Å². The lowest BCUT2D eigenvalue weighted by atomic mass is 9.97. The van der Waals surface area contributed by atoms with Crippen LogP contribution >= 0.6 is 0 Å². The maximum Gasteiger partial charge on any atom is 0.432 e. The van der Waals surface area contributed by atoms with Gasteiger partial charge in [-0.3, -0.25) is 14.6 Å². The van der Waals surface area contributed by atoms with Gasteiger partial charge in [0.2, 0.25) is 0 Å². The van der Waals surface area contributed by atoms with E-state index in [1.807, 2.05) is 11.3 Å². The van der Waals surface area contributed by atoms with Crippen molar-refractivity contribution in [1.82, 2.24) is 24.9 Å². The molecule has 1 atom stereocenters. The van der Waals surface area contributed by atoms with Crippen molar-refractivity contribution in [3.05, 3.63) is 35.4 Å². The molecule has 0 spiro atoms. The Bertz CT molecular complexity index is 705. The van der Waals surface area contributed by atoms with Crippen molar-refractivity contribution < 1.29 is 18.0 Å². The van der Waals surface area contributed by atoms with Crippen LogP contribution in [0.2, 0.25) is 0 Å². The number of piperidine rings is 1. The van der Waals surface area contributed by atoms with E-state index in [2.05, 4.69) is 10.2 Å². The van der Waals surface area contributed by atoms with Gasteiger partial charge in [0.25, 0.3) is 5.91 Å². The fourth-order valence-electron chi connectivity index (χ4n) is 2.86. The summed E-state index contributed by atoms with van der Waals surface area (Å²) < 4.78 is 39.6. The van der Waals surface area contributed by atoms with Gasteiger partial charge in [-0.1, -0.05) is 0 Å². The van der Waals surface area contributed by atoms with Crippen molar-refractivity contribution in [1.29, 1.82) is 0 Å². The van der Waals surface area contributed by atoms with Crippen molar-refractivity contribution in [2.45, 2.75) is 31.5 Å². The van der Waals surface area contributed by atoms with Crippen LogP contribution in [0.25, 0.3) is 0 Å². The molecule has 1 unspecified atom stereocenters. The topological polar surface area (TPSA) is 66.8 Å². The second kappa shape index (κ2) is 5.71. The predicted molar refractivity (Wildman–Crippen MR) is 74.4 cm³/mol. The molecular weight excluding hydrogens is 311 g/mol. The summed E-state index contributed by atoms with van der Waals surface area (Å²) >= 11 is 0. The molecule has 1 amide bonds. The lowest BCUT2D eigenvalue weighted by molar-refractivity contribution is -0.141. The molecule has 9 heteroatoms. The van der Waals surface area contributed by atoms with Crippen LogP contribution in [0.1, 0.15) is 47.1 Å². The minimum atomic E-state index is -4.55. The third-order valence-electron chi connectivity index (χ3n) is 3.98. The van der Waals surface area contributed by atoms with Crippen LogP contribution in [0.15, 0.2) is 18.5 Å². The number of rotatable bonds is 2. The number of halogens is 3. The van der Waals surface area contributed by atoms with Crippen LogP contribution in [0, 0.1) is 0 Å². The number of aryl methyl sites for hydroxylation is 1. The maximum absolute atomic E-state index is 12.6. The highest BCUT2D eigenvalue weighted by atomic mass is 19.4. The summed E-state index contributed by atoms with van der Waals surface area (Å²) in [6.07, 6.45) is 1.49. The van der Waals surface area contributed by atoms with Crippen LogP contribution in [0.5, 0.6) is 0 Å². The van der Waals surface area contributed by atoms with Gasteiger partial charge < -0.3 is 4.90 Å². The molecule has 0 bridgehead atoms. The first-order chi connectivity index (χ1) is 10.9. The van der Waals surface area contributed by atoms with E-state index in [0.29, 0.717) is 6.54 Å². The number of likely N-dealkylation sites (tertiary alicyclic amines) is 1. The van der Waals surface area contributed by atoms with E-state index in [-0.39, 0.29) is 11.7 Å². The quantitative estimate of drug-likeness (QED) is 0.922. The monoisotopic (exact) mass is 327 g/mol. The molecule has 6 nitrogen and oxygen atoms in total. The number of nitrogens with zero attached hydrogens (tertiary/aromatic N) is 4. The van der Waals surface area contributed by atoms with E-state index in [1.54, 1.807) is 22.8 Å². The first-order valence-corrected chi connectivity index (χ1v) is 7.28. The third-order valence-corrected chi connectivity index (χ3v) is 3.98. The molecule has 2 aromatic rings. The Morgan fingerprint density at radius 1 is 1.39 bits per heavy atom. The SMILES string of the molecule is Cn1cc(C2CCCCN2C(=O)c2cc(C(F)(F)F)[nH]n2)cn1. The van der Waals surface area contributed by atoms with Crippen LogP contribution < -0.4 is 0 Å². The minimum Gasteiger partial charge on any atom is -0.330 e. The van der Waals surface area contributed by atoms with Crippen molar-refractivity contribution >= 4 is 5.91 Å². The van der Waals surface area contributed by atoms with Gasteiger partial charge in [0.05, 0.1) is 12.2 Å². The fraction of sp³-hybridized carbons (Fsp3) is 0.500. The molecule has 0 radical (unpaired) electrons. The summed E-state index contributed by atoms with van der Waals surface area (Å²) in [6, 6.07) is 0.577. The molecule has 1 saturated heterocycles. The standard InChI is InChI=1S/C14H16F3N5O/c1-21-8-9(7-18-21)11-4-2-3-5-22(11)13(23)10-6-12(20-19-10)14(15,16)17/h6-8,11H,2-5H2,1H3,(H,19,20). The van der Waals surface area contributed by atoms with Gasteiger partial charge in [-0.2, -0.15) is 23.4 Å². The largest absolute Gasteiger partial charge is 0.432 e. The average molecular weight is 327 g/mol. The molecule has 0 aromatic carbocycles. The van der Waals surface area contributed by atoms with Crippen LogP contribution in [0.4, 0.5) is 13.2 Å². The number of hydrogen-bond donors (Lipinski definition) is 1. The molecule has 0 saturated carbocycles. The van der Waals surface area contributed by atoms with Gasteiger partial charge >= 0.3 is 6.18 Å². The Kier molecular flexibility index (Phi) is 3.87. The smallest absolute Gasteiger partial charge is 0.330 e. The molecule has 2 aromatic heterocycles. The highest BCUT2D eigenvalue weighted by Crippen LogP contribution is 2.33. The van der Waals surface area contributed by atoms with Crippen molar-refractivity contribution in [2.24, 2.45) is 7.05 Å². The third kappa shape index (κ3) is 3.08. The lowest BCUT2D eigenvalue weighted by Crippen LogP contribution is -2.38. The molecule has 0 aliphatic carbocycles. The lowest BCUT2D eigenvalue weighted by Gasteiger charge is -2.34. The van der Waals surface area contributed by atoms with E-state index < -0.39 is 17.8 Å². The number of alkyl halides is 3. The van der Waals surface area contributed by atoms with Gasteiger partial charge in [0, 0.05) is 31.4 Å². The Morgan fingerprint density at radius 3 is 2.78 bits per heavy atom. The average Bonchev–Trinajstić information content (AvgIpc) is 3.15. The zero-order chi connectivity index (χ0) is 16.6. The summed E-state index contributed by atoms with van der Waals surface area (Å²) in [5, 5.41) is 9.52. The number of amides is 1. The van der Waals surface area contributed by atoms with Crippen LogP contribution in [0.3, 0.4) is 0 Å². The Labute approximate surface area is 130 Å². The van der Waals surface area contributed by atoms with Gasteiger partial charge in [0.15, 0.2) is 5.69 Å². The molecule has 3 heterocycles. The minimum absolute atomic E-state index is 0.184. The number of hydrogen-bond acceptors (Lipinski definition) is 3. The molecule has 23 heavy (non-hydrogen) atoms. The van der Waals surface area contributed by atoms with Crippen molar-refractivity contribution in [3.63, 3.8) is 0 Å². The summed E-state index contributed by atoms with van der Waals surface area (Å²) in [4.78, 5) is 14.2. The molecular formula is C14H16F3N5O. The maximum atomic E-state index is 12.6. The number of aromatic amines is 1. The molecule has 1 aliphatic heterocycles. The number of carbonyl (C=O) groups excluding carboxylic acids is 1. The Morgan fingerprint density at radius 2 is 2.17 bits per heavy atom. The van der Waals surface area contributed by atoms with Crippen molar-refractivity contribution in [2.75, 3.05) is 6.54 Å².